The van der Waals surface area contributed by atoms with E-state index in [1.54, 1.807) is 0 Å². The van der Waals surface area contributed by atoms with Crippen LogP contribution in [0.3, 0.4) is 0 Å². The molecule has 106 valence electrons. The van der Waals surface area contributed by atoms with E-state index in [2.05, 4.69) is 32.0 Å². The Hall–Kier alpha value is -0.900. The number of hydrogen-bond donors (Lipinski definition) is 1. The normalized spacial score (nSPS) is 18.5. The molecular formula is C16H25NO2. The third-order valence-electron chi connectivity index (χ3n) is 3.95. The van der Waals surface area contributed by atoms with E-state index in [-0.39, 0.29) is 6.04 Å². The fraction of sp³-hybridized carbons (Fsp3) is 0.625. The second kappa shape index (κ2) is 7.04. The molecule has 0 radical (unpaired) electrons. The van der Waals surface area contributed by atoms with Crippen molar-refractivity contribution >= 4 is 0 Å². The van der Waals surface area contributed by atoms with Gasteiger partial charge in [-0.25, -0.2) is 0 Å². The van der Waals surface area contributed by atoms with Crippen LogP contribution in [0.4, 0.5) is 0 Å². The van der Waals surface area contributed by atoms with Gasteiger partial charge in [0.2, 0.25) is 0 Å². The van der Waals surface area contributed by atoms with Gasteiger partial charge in [0.1, 0.15) is 0 Å². The van der Waals surface area contributed by atoms with Crippen molar-refractivity contribution in [2.45, 2.75) is 32.7 Å². The quantitative estimate of drug-likeness (QED) is 0.888. The smallest absolute Gasteiger partial charge is 0.0659 e. The summed E-state index contributed by atoms with van der Waals surface area (Å²) < 4.78 is 11.1. The molecule has 1 heterocycles. The molecule has 0 aliphatic carbocycles. The Kier molecular flexibility index (Phi) is 5.37. The zero-order valence-electron chi connectivity index (χ0n) is 12.0. The van der Waals surface area contributed by atoms with E-state index >= 15 is 0 Å². The molecule has 19 heavy (non-hydrogen) atoms. The number of hydrogen-bond acceptors (Lipinski definition) is 3. The van der Waals surface area contributed by atoms with E-state index in [9.17, 15) is 0 Å². The highest BCUT2D eigenvalue weighted by atomic mass is 16.5. The van der Waals surface area contributed by atoms with Gasteiger partial charge < -0.3 is 15.2 Å². The molecular weight excluding hydrogens is 238 g/mol. The zero-order valence-corrected chi connectivity index (χ0v) is 12.0. The SMILES string of the molecule is Cc1ccc(C(N)COCC2CCOCC2)cc1C. The first-order valence-electron chi connectivity index (χ1n) is 7.15. The second-order valence-corrected chi connectivity index (χ2v) is 5.54. The zero-order chi connectivity index (χ0) is 13.7. The van der Waals surface area contributed by atoms with Gasteiger partial charge in [0.25, 0.3) is 0 Å². The molecule has 1 aliphatic rings. The van der Waals surface area contributed by atoms with Gasteiger partial charge in [0.15, 0.2) is 0 Å². The lowest BCUT2D eigenvalue weighted by Crippen LogP contribution is -2.23. The maximum Gasteiger partial charge on any atom is 0.0659 e. The number of aryl methyl sites for hydroxylation is 2. The summed E-state index contributed by atoms with van der Waals surface area (Å²) in [6, 6.07) is 6.37. The number of benzene rings is 1. The first-order chi connectivity index (χ1) is 9.16. The van der Waals surface area contributed by atoms with Crippen molar-refractivity contribution in [2.75, 3.05) is 26.4 Å². The predicted octanol–water partition coefficient (Wildman–Crippen LogP) is 2.75. The van der Waals surface area contributed by atoms with Crippen LogP contribution in [-0.4, -0.2) is 26.4 Å². The number of ether oxygens (including phenoxy) is 2. The van der Waals surface area contributed by atoms with Gasteiger partial charge in [-0.3, -0.25) is 0 Å². The highest BCUT2D eigenvalue weighted by Gasteiger charge is 2.15. The Morgan fingerprint density at radius 1 is 1.26 bits per heavy atom. The van der Waals surface area contributed by atoms with Gasteiger partial charge in [0, 0.05) is 19.8 Å². The maximum atomic E-state index is 6.18. The van der Waals surface area contributed by atoms with Gasteiger partial charge in [-0.15, -0.1) is 0 Å². The Morgan fingerprint density at radius 2 is 2.00 bits per heavy atom. The molecule has 1 fully saturated rings. The molecule has 0 amide bonds. The molecule has 1 aromatic rings. The molecule has 3 heteroatoms. The van der Waals surface area contributed by atoms with Crippen molar-refractivity contribution in [3.05, 3.63) is 34.9 Å². The molecule has 3 nitrogen and oxygen atoms in total. The van der Waals surface area contributed by atoms with Crippen molar-refractivity contribution < 1.29 is 9.47 Å². The Bertz CT molecular complexity index is 400. The Labute approximate surface area is 116 Å². The van der Waals surface area contributed by atoms with Crippen LogP contribution in [-0.2, 0) is 9.47 Å². The summed E-state index contributed by atoms with van der Waals surface area (Å²) in [6.07, 6.45) is 2.22. The predicted molar refractivity (Wildman–Crippen MR) is 77.2 cm³/mol. The van der Waals surface area contributed by atoms with Crippen LogP contribution in [0.1, 0.15) is 35.6 Å². The van der Waals surface area contributed by atoms with E-state index in [0.29, 0.717) is 12.5 Å². The van der Waals surface area contributed by atoms with Crippen LogP contribution >= 0.6 is 0 Å². The van der Waals surface area contributed by atoms with E-state index in [4.69, 9.17) is 15.2 Å². The molecule has 0 saturated carbocycles. The van der Waals surface area contributed by atoms with E-state index in [1.807, 2.05) is 0 Å². The Balaban J connectivity index is 1.76. The number of rotatable bonds is 5. The lowest BCUT2D eigenvalue weighted by atomic mass is 10.0. The summed E-state index contributed by atoms with van der Waals surface area (Å²) in [5.74, 6) is 0.640. The molecule has 1 unspecified atom stereocenters. The van der Waals surface area contributed by atoms with Crippen molar-refractivity contribution in [3.8, 4) is 0 Å². The molecule has 1 aromatic carbocycles. The van der Waals surface area contributed by atoms with Crippen LogP contribution in [0.5, 0.6) is 0 Å². The summed E-state index contributed by atoms with van der Waals surface area (Å²) in [5.41, 5.74) is 9.94. The largest absolute Gasteiger partial charge is 0.381 e. The average Bonchev–Trinajstić information content (AvgIpc) is 2.43. The molecule has 0 bridgehead atoms. The lowest BCUT2D eigenvalue weighted by Gasteiger charge is -2.22. The fourth-order valence-corrected chi connectivity index (χ4v) is 2.37. The van der Waals surface area contributed by atoms with Crippen molar-refractivity contribution in [1.29, 1.82) is 0 Å². The first kappa shape index (κ1) is 14.5. The third kappa shape index (κ3) is 4.30. The topological polar surface area (TPSA) is 44.5 Å². The van der Waals surface area contributed by atoms with Crippen LogP contribution < -0.4 is 5.73 Å². The van der Waals surface area contributed by atoms with Crippen molar-refractivity contribution in [1.82, 2.24) is 0 Å². The minimum atomic E-state index is -0.0286. The second-order valence-electron chi connectivity index (χ2n) is 5.54. The van der Waals surface area contributed by atoms with Gasteiger partial charge in [-0.05, 0) is 49.3 Å². The fourth-order valence-electron chi connectivity index (χ4n) is 2.37. The minimum absolute atomic E-state index is 0.0286. The highest BCUT2D eigenvalue weighted by molar-refractivity contribution is 5.31. The molecule has 1 atom stereocenters. The average molecular weight is 263 g/mol. The maximum absolute atomic E-state index is 6.18. The van der Waals surface area contributed by atoms with Gasteiger partial charge in [0.05, 0.1) is 12.6 Å². The van der Waals surface area contributed by atoms with E-state index in [0.717, 1.165) is 38.2 Å². The van der Waals surface area contributed by atoms with Crippen LogP contribution in [0.25, 0.3) is 0 Å². The van der Waals surface area contributed by atoms with Gasteiger partial charge in [-0.1, -0.05) is 18.2 Å². The lowest BCUT2D eigenvalue weighted by molar-refractivity contribution is 0.0174. The van der Waals surface area contributed by atoms with E-state index in [1.165, 1.54) is 11.1 Å². The van der Waals surface area contributed by atoms with Gasteiger partial charge >= 0.3 is 0 Å². The molecule has 1 saturated heterocycles. The third-order valence-corrected chi connectivity index (χ3v) is 3.95. The van der Waals surface area contributed by atoms with E-state index < -0.39 is 0 Å². The molecule has 0 aromatic heterocycles. The minimum Gasteiger partial charge on any atom is -0.381 e. The summed E-state index contributed by atoms with van der Waals surface area (Å²) >= 11 is 0. The monoisotopic (exact) mass is 263 g/mol. The van der Waals surface area contributed by atoms with Crippen molar-refractivity contribution in [2.24, 2.45) is 11.7 Å². The molecule has 0 spiro atoms. The Morgan fingerprint density at radius 3 is 2.68 bits per heavy atom. The van der Waals surface area contributed by atoms with Crippen LogP contribution in [0.2, 0.25) is 0 Å². The first-order valence-corrected chi connectivity index (χ1v) is 7.15. The standard InChI is InChI=1S/C16H25NO2/c1-12-3-4-15(9-13(12)2)16(17)11-19-10-14-5-7-18-8-6-14/h3-4,9,14,16H,5-8,10-11,17H2,1-2H3. The van der Waals surface area contributed by atoms with Crippen LogP contribution in [0, 0.1) is 19.8 Å². The summed E-state index contributed by atoms with van der Waals surface area (Å²) in [4.78, 5) is 0. The molecule has 1 aliphatic heterocycles. The van der Waals surface area contributed by atoms with Crippen LogP contribution in [0.15, 0.2) is 18.2 Å². The molecule has 2 rings (SSSR count). The number of nitrogens with two attached hydrogens (primary N) is 1. The summed E-state index contributed by atoms with van der Waals surface area (Å²) in [6.45, 7) is 7.39. The van der Waals surface area contributed by atoms with Crippen molar-refractivity contribution in [3.63, 3.8) is 0 Å². The molecule has 2 N–H and O–H groups in total. The van der Waals surface area contributed by atoms with Gasteiger partial charge in [-0.2, -0.15) is 0 Å². The summed E-state index contributed by atoms with van der Waals surface area (Å²) in [5, 5.41) is 0. The summed E-state index contributed by atoms with van der Waals surface area (Å²) in [7, 11) is 0. The highest BCUT2D eigenvalue weighted by Crippen LogP contribution is 2.18.